The number of carbonyl (C=O) groups excluding carboxylic acids is 1. The van der Waals surface area contributed by atoms with E-state index in [1.165, 1.54) is 12.8 Å². The summed E-state index contributed by atoms with van der Waals surface area (Å²) < 4.78 is 0. The van der Waals surface area contributed by atoms with Crippen molar-refractivity contribution in [1.82, 2.24) is 20.4 Å². The second kappa shape index (κ2) is 6.43. The molecule has 1 amide bonds. The summed E-state index contributed by atoms with van der Waals surface area (Å²) in [5.41, 5.74) is 0.484. The van der Waals surface area contributed by atoms with E-state index >= 15 is 0 Å². The number of aromatic nitrogens is 2. The fourth-order valence-corrected chi connectivity index (χ4v) is 4.14. The van der Waals surface area contributed by atoms with Gasteiger partial charge in [0.1, 0.15) is 0 Å². The molecule has 3 saturated heterocycles. The molecule has 0 aromatic carbocycles. The van der Waals surface area contributed by atoms with E-state index in [4.69, 9.17) is 0 Å². The molecule has 4 heterocycles. The normalized spacial score (nSPS) is 27.8. The lowest BCUT2D eigenvalue weighted by atomic mass is 9.92. The number of amides is 1. The second-order valence-electron chi connectivity index (χ2n) is 7.02. The molecular formula is C17H25N5O. The van der Waals surface area contributed by atoms with Crippen molar-refractivity contribution in [3.8, 4) is 0 Å². The number of rotatable bonds is 2. The lowest BCUT2D eigenvalue weighted by Gasteiger charge is -2.21. The van der Waals surface area contributed by atoms with Crippen LogP contribution in [0.5, 0.6) is 0 Å². The van der Waals surface area contributed by atoms with Crippen LogP contribution in [-0.2, 0) is 0 Å². The lowest BCUT2D eigenvalue weighted by Crippen LogP contribution is -2.33. The SMILES string of the molecule is O=C(c1ccc(N2CCCC2)nn1)N1CC[C@@H]2CNC[C@@H]2CC1. The summed E-state index contributed by atoms with van der Waals surface area (Å²) in [4.78, 5) is 16.9. The quantitative estimate of drug-likeness (QED) is 0.887. The van der Waals surface area contributed by atoms with Gasteiger partial charge in [-0.25, -0.2) is 0 Å². The molecule has 0 bridgehead atoms. The zero-order chi connectivity index (χ0) is 15.6. The third-order valence-corrected chi connectivity index (χ3v) is 5.61. The molecule has 3 aliphatic rings. The molecule has 3 aliphatic heterocycles. The molecule has 1 N–H and O–H groups in total. The maximum absolute atomic E-state index is 12.7. The highest BCUT2D eigenvalue weighted by Gasteiger charge is 2.32. The van der Waals surface area contributed by atoms with Gasteiger partial charge >= 0.3 is 0 Å². The molecule has 1 aromatic heterocycles. The van der Waals surface area contributed by atoms with Crippen molar-refractivity contribution in [2.45, 2.75) is 25.7 Å². The first-order valence-electron chi connectivity index (χ1n) is 8.90. The van der Waals surface area contributed by atoms with Gasteiger partial charge in [-0.05, 0) is 62.7 Å². The standard InChI is InChI=1S/C17H25N5O/c23-17(22-9-5-13-11-18-12-14(13)6-10-22)15-3-4-16(20-19-15)21-7-1-2-8-21/h3-4,13-14,18H,1-2,5-12H2/t13-,14+. The van der Waals surface area contributed by atoms with Gasteiger partial charge in [0.05, 0.1) is 0 Å². The van der Waals surface area contributed by atoms with Gasteiger partial charge in [0.25, 0.3) is 5.91 Å². The Morgan fingerprint density at radius 2 is 1.70 bits per heavy atom. The van der Waals surface area contributed by atoms with Gasteiger partial charge in [-0.15, -0.1) is 10.2 Å². The zero-order valence-corrected chi connectivity index (χ0v) is 13.6. The average Bonchev–Trinajstić information content (AvgIpc) is 3.24. The summed E-state index contributed by atoms with van der Waals surface area (Å²) in [5.74, 6) is 2.40. The Hall–Kier alpha value is -1.69. The Morgan fingerprint density at radius 3 is 2.30 bits per heavy atom. The molecule has 0 spiro atoms. The van der Waals surface area contributed by atoms with Crippen molar-refractivity contribution in [2.24, 2.45) is 11.8 Å². The molecular weight excluding hydrogens is 290 g/mol. The number of likely N-dealkylation sites (tertiary alicyclic amines) is 1. The fourth-order valence-electron chi connectivity index (χ4n) is 4.14. The Bertz CT molecular complexity index is 541. The van der Waals surface area contributed by atoms with Crippen molar-refractivity contribution in [1.29, 1.82) is 0 Å². The van der Waals surface area contributed by atoms with E-state index in [0.29, 0.717) is 5.69 Å². The smallest absolute Gasteiger partial charge is 0.274 e. The van der Waals surface area contributed by atoms with Gasteiger partial charge in [-0.1, -0.05) is 0 Å². The molecule has 3 fully saturated rings. The fraction of sp³-hybridized carbons (Fsp3) is 0.706. The van der Waals surface area contributed by atoms with Crippen LogP contribution in [0.25, 0.3) is 0 Å². The van der Waals surface area contributed by atoms with E-state index in [1.807, 2.05) is 17.0 Å². The maximum Gasteiger partial charge on any atom is 0.274 e. The third-order valence-electron chi connectivity index (χ3n) is 5.61. The van der Waals surface area contributed by atoms with Crippen molar-refractivity contribution >= 4 is 11.7 Å². The monoisotopic (exact) mass is 315 g/mol. The zero-order valence-electron chi connectivity index (χ0n) is 13.6. The molecule has 0 unspecified atom stereocenters. The molecule has 23 heavy (non-hydrogen) atoms. The summed E-state index contributed by atoms with van der Waals surface area (Å²) in [5, 5.41) is 12.0. The molecule has 6 heteroatoms. The number of carbonyl (C=O) groups is 1. The van der Waals surface area contributed by atoms with Gasteiger partial charge in [-0.2, -0.15) is 0 Å². The van der Waals surface area contributed by atoms with E-state index in [1.54, 1.807) is 0 Å². The number of hydrogen-bond donors (Lipinski definition) is 1. The molecule has 4 rings (SSSR count). The molecule has 0 aliphatic carbocycles. The van der Waals surface area contributed by atoms with Crippen LogP contribution in [0, 0.1) is 11.8 Å². The highest BCUT2D eigenvalue weighted by molar-refractivity contribution is 5.92. The molecule has 2 atom stereocenters. The van der Waals surface area contributed by atoms with E-state index < -0.39 is 0 Å². The summed E-state index contributed by atoms with van der Waals surface area (Å²) in [6.45, 7) is 6.00. The molecule has 6 nitrogen and oxygen atoms in total. The Labute approximate surface area is 137 Å². The largest absolute Gasteiger partial charge is 0.355 e. The predicted molar refractivity (Wildman–Crippen MR) is 88.5 cm³/mol. The first kappa shape index (κ1) is 14.9. The first-order chi connectivity index (χ1) is 11.3. The van der Waals surface area contributed by atoms with Crippen molar-refractivity contribution in [3.05, 3.63) is 17.8 Å². The minimum Gasteiger partial charge on any atom is -0.355 e. The molecule has 1 aromatic rings. The van der Waals surface area contributed by atoms with Crippen molar-refractivity contribution in [2.75, 3.05) is 44.2 Å². The van der Waals surface area contributed by atoms with Crippen LogP contribution in [0.3, 0.4) is 0 Å². The molecule has 0 saturated carbocycles. The summed E-state index contributed by atoms with van der Waals surface area (Å²) in [6.07, 6.45) is 4.63. The van der Waals surface area contributed by atoms with Crippen LogP contribution in [0.2, 0.25) is 0 Å². The van der Waals surface area contributed by atoms with Gasteiger partial charge in [0, 0.05) is 26.2 Å². The number of fused-ring (bicyclic) bond motifs is 1. The number of anilines is 1. The van der Waals surface area contributed by atoms with Gasteiger partial charge in [0.2, 0.25) is 0 Å². The van der Waals surface area contributed by atoms with Crippen LogP contribution >= 0.6 is 0 Å². The maximum atomic E-state index is 12.7. The van der Waals surface area contributed by atoms with Crippen molar-refractivity contribution in [3.63, 3.8) is 0 Å². The van der Waals surface area contributed by atoms with Gasteiger partial charge in [-0.3, -0.25) is 4.79 Å². The number of nitrogens with zero attached hydrogens (tertiary/aromatic N) is 4. The number of hydrogen-bond acceptors (Lipinski definition) is 5. The van der Waals surface area contributed by atoms with Crippen LogP contribution in [0.4, 0.5) is 5.82 Å². The van der Waals surface area contributed by atoms with Gasteiger partial charge in [0.15, 0.2) is 11.5 Å². The topological polar surface area (TPSA) is 61.4 Å². The van der Waals surface area contributed by atoms with Crippen LogP contribution in [0.1, 0.15) is 36.2 Å². The Balaban J connectivity index is 1.42. The van der Waals surface area contributed by atoms with Crippen LogP contribution in [-0.4, -0.2) is 60.3 Å². The Morgan fingerprint density at radius 1 is 1.00 bits per heavy atom. The van der Waals surface area contributed by atoms with E-state index in [9.17, 15) is 4.79 Å². The van der Waals surface area contributed by atoms with Gasteiger partial charge < -0.3 is 15.1 Å². The second-order valence-corrected chi connectivity index (χ2v) is 7.02. The van der Waals surface area contributed by atoms with Crippen LogP contribution in [0.15, 0.2) is 12.1 Å². The summed E-state index contributed by atoms with van der Waals surface area (Å²) in [6, 6.07) is 3.79. The highest BCUT2D eigenvalue weighted by atomic mass is 16.2. The van der Waals surface area contributed by atoms with E-state index in [0.717, 1.165) is 69.8 Å². The van der Waals surface area contributed by atoms with Crippen molar-refractivity contribution < 1.29 is 4.79 Å². The summed E-state index contributed by atoms with van der Waals surface area (Å²) >= 11 is 0. The first-order valence-corrected chi connectivity index (χ1v) is 8.90. The molecule has 0 radical (unpaired) electrons. The lowest BCUT2D eigenvalue weighted by molar-refractivity contribution is 0.0751. The van der Waals surface area contributed by atoms with Crippen LogP contribution < -0.4 is 10.2 Å². The average molecular weight is 315 g/mol. The van der Waals surface area contributed by atoms with E-state index in [-0.39, 0.29) is 5.91 Å². The highest BCUT2D eigenvalue weighted by Crippen LogP contribution is 2.27. The number of nitrogens with one attached hydrogen (secondary N) is 1. The van der Waals surface area contributed by atoms with E-state index in [2.05, 4.69) is 20.4 Å². The minimum atomic E-state index is 0.0402. The summed E-state index contributed by atoms with van der Waals surface area (Å²) in [7, 11) is 0. The molecule has 124 valence electrons. The third kappa shape index (κ3) is 3.04. The minimum absolute atomic E-state index is 0.0402. The predicted octanol–water partition coefficient (Wildman–Crippen LogP) is 1.15. The Kier molecular flexibility index (Phi) is 4.16.